The monoisotopic (exact) mass is 560 g/mol. The third-order valence-electron chi connectivity index (χ3n) is 6.47. The first kappa shape index (κ1) is 27.9. The number of carbonyl (C=O) groups is 2. The molecule has 1 amide bonds. The van der Waals surface area contributed by atoms with Crippen LogP contribution in [0.5, 0.6) is 23.0 Å². The lowest BCUT2D eigenvalue weighted by molar-refractivity contribution is -0.123. The van der Waals surface area contributed by atoms with Crippen molar-refractivity contribution in [1.82, 2.24) is 5.43 Å². The average Bonchev–Trinajstić information content (AvgIpc) is 3.04. The topological polar surface area (TPSA) is 95.5 Å². The summed E-state index contributed by atoms with van der Waals surface area (Å²) in [6, 6.07) is 33.4. The molecule has 42 heavy (non-hydrogen) atoms. The SMILES string of the molecule is COc1ccc(C(=O)Oc2ccc3ccccc3c2/C=N/NC(=O)COc2ccc(-c3ccccc3)cc2)cc1OC. The second-order valence-electron chi connectivity index (χ2n) is 9.13. The van der Waals surface area contributed by atoms with Gasteiger partial charge in [-0.25, -0.2) is 10.2 Å². The molecule has 5 aromatic carbocycles. The molecule has 0 unspecified atom stereocenters. The Balaban J connectivity index is 1.27. The van der Waals surface area contributed by atoms with Gasteiger partial charge in [-0.1, -0.05) is 72.8 Å². The molecule has 0 fully saturated rings. The molecular formula is C34H28N2O6. The zero-order chi connectivity index (χ0) is 29.3. The number of carbonyl (C=O) groups excluding carboxylic acids is 2. The molecule has 0 aliphatic carbocycles. The van der Waals surface area contributed by atoms with Gasteiger partial charge in [0.25, 0.3) is 5.91 Å². The van der Waals surface area contributed by atoms with Crippen molar-refractivity contribution in [1.29, 1.82) is 0 Å². The first-order valence-corrected chi connectivity index (χ1v) is 13.1. The Kier molecular flexibility index (Phi) is 8.74. The highest BCUT2D eigenvalue weighted by atomic mass is 16.5. The molecule has 5 rings (SSSR count). The number of hydrogen-bond donors (Lipinski definition) is 1. The Morgan fingerprint density at radius 3 is 2.19 bits per heavy atom. The summed E-state index contributed by atoms with van der Waals surface area (Å²) in [7, 11) is 3.01. The van der Waals surface area contributed by atoms with Crippen LogP contribution in [0.15, 0.2) is 114 Å². The van der Waals surface area contributed by atoms with Crippen LogP contribution in [-0.2, 0) is 4.79 Å². The first-order valence-electron chi connectivity index (χ1n) is 13.1. The molecule has 0 aliphatic heterocycles. The van der Waals surface area contributed by atoms with Crippen LogP contribution in [0, 0.1) is 0 Å². The highest BCUT2D eigenvalue weighted by molar-refractivity contribution is 6.04. The van der Waals surface area contributed by atoms with Crippen LogP contribution in [0.1, 0.15) is 15.9 Å². The predicted molar refractivity (Wildman–Crippen MR) is 162 cm³/mol. The molecule has 0 radical (unpaired) electrons. The Bertz CT molecular complexity index is 1730. The van der Waals surface area contributed by atoms with Crippen LogP contribution in [0.3, 0.4) is 0 Å². The van der Waals surface area contributed by atoms with E-state index in [0.717, 1.165) is 21.9 Å². The zero-order valence-corrected chi connectivity index (χ0v) is 23.1. The highest BCUT2D eigenvalue weighted by Crippen LogP contribution is 2.30. The Morgan fingerprint density at radius 1 is 0.738 bits per heavy atom. The quantitative estimate of drug-likeness (QED) is 0.0936. The smallest absolute Gasteiger partial charge is 0.343 e. The van der Waals surface area contributed by atoms with Gasteiger partial charge in [-0.05, 0) is 58.3 Å². The molecule has 0 saturated carbocycles. The number of methoxy groups -OCH3 is 2. The molecule has 0 saturated heterocycles. The maximum Gasteiger partial charge on any atom is 0.343 e. The van der Waals surface area contributed by atoms with Crippen LogP contribution in [0.25, 0.3) is 21.9 Å². The third-order valence-corrected chi connectivity index (χ3v) is 6.47. The van der Waals surface area contributed by atoms with E-state index in [9.17, 15) is 9.59 Å². The Labute approximate surface area is 243 Å². The molecule has 0 heterocycles. The van der Waals surface area contributed by atoms with Gasteiger partial charge in [-0.2, -0.15) is 5.10 Å². The summed E-state index contributed by atoms with van der Waals surface area (Å²) in [5, 5.41) is 5.83. The number of hydrogen-bond acceptors (Lipinski definition) is 7. The van der Waals surface area contributed by atoms with E-state index in [1.54, 1.807) is 24.3 Å². The van der Waals surface area contributed by atoms with Crippen LogP contribution in [0.2, 0.25) is 0 Å². The first-order chi connectivity index (χ1) is 20.6. The molecule has 0 spiro atoms. The summed E-state index contributed by atoms with van der Waals surface area (Å²) in [6.45, 7) is -0.224. The lowest BCUT2D eigenvalue weighted by atomic mass is 10.0. The van der Waals surface area contributed by atoms with Crippen molar-refractivity contribution >= 4 is 28.9 Å². The van der Waals surface area contributed by atoms with Gasteiger partial charge in [0.15, 0.2) is 18.1 Å². The van der Waals surface area contributed by atoms with Crippen LogP contribution >= 0.6 is 0 Å². The van der Waals surface area contributed by atoms with Crippen molar-refractivity contribution in [3.05, 3.63) is 120 Å². The van der Waals surface area contributed by atoms with Gasteiger partial charge in [0, 0.05) is 5.56 Å². The molecule has 5 aromatic rings. The van der Waals surface area contributed by atoms with Crippen molar-refractivity contribution in [3.8, 4) is 34.1 Å². The molecule has 0 aromatic heterocycles. The summed E-state index contributed by atoms with van der Waals surface area (Å²) >= 11 is 0. The van der Waals surface area contributed by atoms with Gasteiger partial charge in [0.1, 0.15) is 11.5 Å². The van der Waals surface area contributed by atoms with Gasteiger partial charge in [0.05, 0.1) is 26.0 Å². The van der Waals surface area contributed by atoms with Gasteiger partial charge in [0.2, 0.25) is 0 Å². The van der Waals surface area contributed by atoms with E-state index in [4.69, 9.17) is 18.9 Å². The Morgan fingerprint density at radius 2 is 1.43 bits per heavy atom. The number of hydrazone groups is 1. The standard InChI is InChI=1S/C34H28N2O6/c1-39-31-19-15-26(20-32(31)40-2)34(38)42-30-18-14-25-10-6-7-11-28(25)29(30)21-35-36-33(37)22-41-27-16-12-24(13-17-27)23-8-4-3-5-9-23/h3-21H,22H2,1-2H3,(H,36,37)/b35-21+. The number of esters is 1. The molecule has 0 aliphatic rings. The van der Waals surface area contributed by atoms with E-state index in [1.807, 2.05) is 84.9 Å². The van der Waals surface area contributed by atoms with E-state index in [1.165, 1.54) is 20.4 Å². The Hall–Kier alpha value is -5.63. The largest absolute Gasteiger partial charge is 0.493 e. The van der Waals surface area contributed by atoms with Gasteiger partial charge in [-0.15, -0.1) is 0 Å². The zero-order valence-electron chi connectivity index (χ0n) is 23.1. The fraction of sp³-hybridized carbons (Fsp3) is 0.0882. The third kappa shape index (κ3) is 6.56. The number of nitrogens with one attached hydrogen (secondary N) is 1. The number of amides is 1. The fourth-order valence-corrected chi connectivity index (χ4v) is 4.34. The van der Waals surface area contributed by atoms with E-state index >= 15 is 0 Å². The number of rotatable bonds is 10. The van der Waals surface area contributed by atoms with Crippen molar-refractivity contribution in [2.24, 2.45) is 5.10 Å². The normalized spacial score (nSPS) is 10.8. The van der Waals surface area contributed by atoms with Crippen molar-refractivity contribution in [2.75, 3.05) is 20.8 Å². The summed E-state index contributed by atoms with van der Waals surface area (Å²) in [5.41, 5.74) is 5.43. The lowest BCUT2D eigenvalue weighted by Gasteiger charge is -2.12. The number of ether oxygens (including phenoxy) is 4. The minimum atomic E-state index is -0.586. The van der Waals surface area contributed by atoms with Crippen LogP contribution < -0.4 is 24.4 Å². The molecule has 8 nitrogen and oxygen atoms in total. The fourth-order valence-electron chi connectivity index (χ4n) is 4.34. The van der Waals surface area contributed by atoms with Gasteiger partial charge in [-0.3, -0.25) is 4.79 Å². The van der Waals surface area contributed by atoms with E-state index in [2.05, 4.69) is 10.5 Å². The van der Waals surface area contributed by atoms with Gasteiger partial charge >= 0.3 is 5.97 Å². The summed E-state index contributed by atoms with van der Waals surface area (Å²) in [6.07, 6.45) is 1.45. The highest BCUT2D eigenvalue weighted by Gasteiger charge is 2.16. The summed E-state index contributed by atoms with van der Waals surface area (Å²) in [4.78, 5) is 25.5. The molecule has 210 valence electrons. The van der Waals surface area contributed by atoms with Crippen LogP contribution in [-0.4, -0.2) is 38.9 Å². The summed E-state index contributed by atoms with van der Waals surface area (Å²) in [5.74, 6) is 0.716. The lowest BCUT2D eigenvalue weighted by Crippen LogP contribution is -2.24. The minimum absolute atomic E-state index is 0.224. The molecule has 1 N–H and O–H groups in total. The van der Waals surface area contributed by atoms with Crippen molar-refractivity contribution in [2.45, 2.75) is 0 Å². The van der Waals surface area contributed by atoms with Crippen molar-refractivity contribution < 1.29 is 28.5 Å². The minimum Gasteiger partial charge on any atom is -0.493 e. The second kappa shape index (κ2) is 13.1. The number of fused-ring (bicyclic) bond motifs is 1. The number of benzene rings is 5. The van der Waals surface area contributed by atoms with E-state index < -0.39 is 11.9 Å². The molecular weight excluding hydrogens is 532 g/mol. The predicted octanol–water partition coefficient (Wildman–Crippen LogP) is 6.27. The maximum absolute atomic E-state index is 13.0. The number of nitrogens with zero attached hydrogens (tertiary/aromatic N) is 1. The van der Waals surface area contributed by atoms with E-state index in [0.29, 0.717) is 22.8 Å². The van der Waals surface area contributed by atoms with Gasteiger partial charge < -0.3 is 18.9 Å². The maximum atomic E-state index is 13.0. The molecule has 0 atom stereocenters. The molecule has 8 heteroatoms. The molecule has 0 bridgehead atoms. The van der Waals surface area contributed by atoms with E-state index in [-0.39, 0.29) is 17.9 Å². The summed E-state index contributed by atoms with van der Waals surface area (Å²) < 4.78 is 21.9. The van der Waals surface area contributed by atoms with Crippen molar-refractivity contribution in [3.63, 3.8) is 0 Å². The average molecular weight is 561 g/mol. The second-order valence-corrected chi connectivity index (χ2v) is 9.13. The van der Waals surface area contributed by atoms with Crippen LogP contribution in [0.4, 0.5) is 0 Å².